The zero-order valence-corrected chi connectivity index (χ0v) is 22.8. The van der Waals surface area contributed by atoms with E-state index < -0.39 is 24.7 Å². The molecule has 1 aromatic rings. The van der Waals surface area contributed by atoms with Crippen molar-refractivity contribution in [2.24, 2.45) is 0 Å². The van der Waals surface area contributed by atoms with Crippen LogP contribution in [0.3, 0.4) is 0 Å². The van der Waals surface area contributed by atoms with Gasteiger partial charge in [-0.25, -0.2) is 4.39 Å². The lowest BCUT2D eigenvalue weighted by atomic mass is 10.2. The monoisotopic (exact) mass is 455 g/mol. The lowest BCUT2D eigenvalue weighted by molar-refractivity contribution is -0.831. The summed E-state index contributed by atoms with van der Waals surface area (Å²) in [5.74, 6) is -1.47. The number of halogens is 2. The lowest BCUT2D eigenvalue weighted by Gasteiger charge is -2.36. The largest absolute Gasteiger partial charge is 0.300 e. The summed E-state index contributed by atoms with van der Waals surface area (Å²) in [5, 5.41) is 6.62. The van der Waals surface area contributed by atoms with Crippen molar-refractivity contribution >= 4 is 18.8 Å². The molecule has 1 atom stereocenters. The average molecular weight is 456 g/mol. The smallest absolute Gasteiger partial charge is 0.219 e. The fourth-order valence-corrected chi connectivity index (χ4v) is 11.8. The third kappa shape index (κ3) is 12.4. The van der Waals surface area contributed by atoms with Crippen LogP contribution in [0.25, 0.3) is 0 Å². The number of quaternary nitrogens is 1. The average Bonchev–Trinajstić information content (AvgIpc) is 2.79. The van der Waals surface area contributed by atoms with Gasteiger partial charge in [-0.15, -0.1) is 0 Å². The quantitative estimate of drug-likeness (QED) is 0.238. The Morgan fingerprint density at radius 1 is 0.677 bits per heavy atom. The van der Waals surface area contributed by atoms with Gasteiger partial charge in [-0.3, -0.25) is 0 Å². The minimum absolute atomic E-state index is 0.439. The molecule has 0 aliphatic carbocycles. The first-order valence-electron chi connectivity index (χ1n) is 13.5. The fourth-order valence-electron chi connectivity index (χ4n) is 5.00. The van der Waals surface area contributed by atoms with Crippen LogP contribution in [0.15, 0.2) is 18.2 Å². The van der Waals surface area contributed by atoms with Gasteiger partial charge in [-0.1, -0.05) is 92.1 Å². The highest BCUT2D eigenvalue weighted by molar-refractivity contribution is 6.79. The Kier molecular flexibility index (Phi) is 18.8. The molecule has 1 nitrogen and oxygen atoms in total. The van der Waals surface area contributed by atoms with E-state index >= 15 is 0 Å². The van der Waals surface area contributed by atoms with Gasteiger partial charge in [0.15, 0.2) is 11.5 Å². The molecule has 1 unspecified atom stereocenters. The molecule has 0 aromatic heterocycles. The van der Waals surface area contributed by atoms with Gasteiger partial charge < -0.3 is 4.90 Å². The highest BCUT2D eigenvalue weighted by Crippen LogP contribution is 2.33. The van der Waals surface area contributed by atoms with Crippen LogP contribution in [0.5, 0.6) is 0 Å². The number of hydrogen-bond acceptors (Lipinski definition) is 0. The highest BCUT2D eigenvalue weighted by Gasteiger charge is 2.26. The molecule has 1 N–H and O–H groups in total. The van der Waals surface area contributed by atoms with E-state index in [0.717, 1.165) is 30.5 Å². The predicted molar refractivity (Wildman–Crippen MR) is 137 cm³/mol. The molecular formula is C27H52AlF2N. The minimum atomic E-state index is -1.20. The summed E-state index contributed by atoms with van der Waals surface area (Å²) in [5.41, 5.74) is 0.439. The van der Waals surface area contributed by atoms with E-state index in [2.05, 4.69) is 27.7 Å². The van der Waals surface area contributed by atoms with Crippen molar-refractivity contribution in [3.8, 4) is 0 Å². The van der Waals surface area contributed by atoms with Crippen molar-refractivity contribution in [2.75, 3.05) is 13.1 Å². The Morgan fingerprint density at radius 3 is 1.48 bits per heavy atom. The molecule has 1 aromatic carbocycles. The minimum Gasteiger partial charge on any atom is -0.300 e. The Hall–Kier alpha value is -0.428. The topological polar surface area (TPSA) is 4.44 Å². The Balaban J connectivity index is 0.000000590. The van der Waals surface area contributed by atoms with Crippen molar-refractivity contribution < 1.29 is 13.7 Å². The van der Waals surface area contributed by atoms with Gasteiger partial charge in [0, 0.05) is 6.07 Å². The van der Waals surface area contributed by atoms with Gasteiger partial charge in [0.2, 0.25) is 5.82 Å². The molecule has 0 radical (unpaired) electrons. The zero-order chi connectivity index (χ0) is 23.5. The maximum Gasteiger partial charge on any atom is 0.219 e. The van der Waals surface area contributed by atoms with E-state index in [1.165, 1.54) is 51.4 Å². The van der Waals surface area contributed by atoms with Crippen LogP contribution in [-0.2, 0) is 0 Å². The van der Waals surface area contributed by atoms with Crippen LogP contribution in [0.2, 0.25) is 21.1 Å². The molecule has 4 heteroatoms. The van der Waals surface area contributed by atoms with Crippen molar-refractivity contribution in [3.63, 3.8) is 0 Å². The van der Waals surface area contributed by atoms with E-state index in [0.29, 0.717) is 5.69 Å². The summed E-state index contributed by atoms with van der Waals surface area (Å²) in [7, 11) is 0. The molecule has 0 bridgehead atoms. The van der Waals surface area contributed by atoms with Gasteiger partial charge in [-0.05, 0) is 19.4 Å². The van der Waals surface area contributed by atoms with Gasteiger partial charge in [0.1, 0.15) is 13.1 Å². The molecule has 0 spiro atoms. The Labute approximate surface area is 195 Å². The number of unbranched alkanes of at least 4 members (excludes halogenated alkanes) is 4. The van der Waals surface area contributed by atoms with Crippen molar-refractivity contribution in [1.82, 2.24) is 0 Å². The predicted octanol–water partition coefficient (Wildman–Crippen LogP) is 8.55. The molecular weight excluding hydrogens is 403 g/mol. The SMILES string of the molecule is CCC[CH2][Al-]([CH2]CCC)([CH2]CCC)[CH2]CCC.CCC[NH+](CC)c1cccc(F)c1F. The second-order valence-corrected chi connectivity index (χ2v) is 15.4. The number of benzene rings is 1. The van der Waals surface area contributed by atoms with E-state index in [9.17, 15) is 8.78 Å². The molecule has 0 aliphatic heterocycles. The van der Waals surface area contributed by atoms with E-state index in [1.807, 2.05) is 13.8 Å². The summed E-state index contributed by atoms with van der Waals surface area (Å²) in [6.45, 7) is 15.1. The standard InChI is InChI=1S/C11H15F2N.4C4H9.Al/c1-3-8-14(4-2)10-7-5-6-9(12)11(10)13;4*1-3-4-2;/h5-7H,3-4,8H2,1-2H3;4*1,3-4H2,2H3;/q;;;;;-1/p+1. The zero-order valence-electron chi connectivity index (χ0n) is 21.7. The van der Waals surface area contributed by atoms with Gasteiger partial charge in [0.25, 0.3) is 0 Å². The van der Waals surface area contributed by atoms with Crippen LogP contribution in [-0.4, -0.2) is 26.2 Å². The molecule has 182 valence electrons. The van der Waals surface area contributed by atoms with Crippen LogP contribution < -0.4 is 4.90 Å². The number of rotatable bonds is 16. The molecule has 0 heterocycles. The first kappa shape index (κ1) is 30.6. The molecule has 0 saturated heterocycles. The molecule has 0 saturated carbocycles. The summed E-state index contributed by atoms with van der Waals surface area (Å²) in [6, 6.07) is 4.35. The van der Waals surface area contributed by atoms with Crippen molar-refractivity contribution in [3.05, 3.63) is 29.8 Å². The van der Waals surface area contributed by atoms with Crippen LogP contribution in [0.1, 0.15) is 99.3 Å². The van der Waals surface area contributed by atoms with Gasteiger partial charge in [-0.2, -0.15) is 25.5 Å². The normalized spacial score (nSPS) is 12.4. The van der Waals surface area contributed by atoms with Crippen LogP contribution in [0.4, 0.5) is 14.5 Å². The molecule has 1 rings (SSSR count). The maximum absolute atomic E-state index is 13.4. The molecule has 0 fully saturated rings. The second-order valence-electron chi connectivity index (χ2n) is 9.61. The summed E-state index contributed by atoms with van der Waals surface area (Å²) < 4.78 is 26.3. The third-order valence-corrected chi connectivity index (χ3v) is 13.5. The summed E-state index contributed by atoms with van der Waals surface area (Å²) in [4.78, 5) is 0.990. The van der Waals surface area contributed by atoms with Crippen molar-refractivity contribution in [2.45, 2.75) is 120 Å². The van der Waals surface area contributed by atoms with Gasteiger partial charge in [0.05, 0.1) is 13.1 Å². The number of nitrogens with one attached hydrogen (secondary N) is 1. The molecule has 0 aliphatic rings. The maximum atomic E-state index is 13.4. The first-order valence-corrected chi connectivity index (χ1v) is 16.7. The van der Waals surface area contributed by atoms with E-state index in [1.54, 1.807) is 33.3 Å². The first-order chi connectivity index (χ1) is 14.9. The molecule has 31 heavy (non-hydrogen) atoms. The van der Waals surface area contributed by atoms with Crippen LogP contribution >= 0.6 is 0 Å². The highest BCUT2D eigenvalue weighted by atomic mass is 27.2. The number of hydrogen-bond donors (Lipinski definition) is 1. The Morgan fingerprint density at radius 2 is 1.13 bits per heavy atom. The third-order valence-electron chi connectivity index (χ3n) is 6.99. The lowest BCUT2D eigenvalue weighted by Crippen LogP contribution is -3.07. The van der Waals surface area contributed by atoms with E-state index in [-0.39, 0.29) is 0 Å². The summed E-state index contributed by atoms with van der Waals surface area (Å²) >= 11 is -1.20. The molecule has 0 amide bonds. The Bertz CT molecular complexity index is 513. The summed E-state index contributed by atoms with van der Waals surface area (Å²) in [6.07, 6.45) is 12.7. The van der Waals surface area contributed by atoms with Gasteiger partial charge >= 0.3 is 0 Å². The van der Waals surface area contributed by atoms with Crippen LogP contribution in [0, 0.1) is 11.6 Å². The van der Waals surface area contributed by atoms with Crippen molar-refractivity contribution in [1.29, 1.82) is 0 Å². The second kappa shape index (κ2) is 19.1. The fraction of sp³-hybridized carbons (Fsp3) is 0.778. The van der Waals surface area contributed by atoms with E-state index in [4.69, 9.17) is 0 Å².